The molecule has 0 saturated heterocycles. The third-order valence-electron chi connectivity index (χ3n) is 3.89. The monoisotopic (exact) mass is 452 g/mol. The highest BCUT2D eigenvalue weighted by molar-refractivity contribution is 9.10. The van der Waals surface area contributed by atoms with Crippen LogP contribution < -0.4 is 0 Å². The van der Waals surface area contributed by atoms with Crippen LogP contribution in [0.3, 0.4) is 0 Å². The molecule has 0 bridgehead atoms. The van der Waals surface area contributed by atoms with Crippen LogP contribution in [0.4, 0.5) is 0 Å². The first-order valence-corrected chi connectivity index (χ1v) is 11.0. The number of hydrogen-bond donors (Lipinski definition) is 1. The van der Waals surface area contributed by atoms with Crippen LogP contribution in [0.5, 0.6) is 0 Å². The summed E-state index contributed by atoms with van der Waals surface area (Å²) in [6.07, 6.45) is 1.27. The molecule has 0 spiro atoms. The van der Waals surface area contributed by atoms with Crippen molar-refractivity contribution in [2.24, 2.45) is 0 Å². The minimum Gasteiger partial charge on any atom is -0.463 e. The average Bonchev–Trinajstić information content (AvgIpc) is 2.62. The second-order valence-corrected chi connectivity index (χ2v) is 8.78. The van der Waals surface area contributed by atoms with E-state index in [0.717, 1.165) is 16.3 Å². The summed E-state index contributed by atoms with van der Waals surface area (Å²) in [6.45, 7) is 1.72. The molecular weight excluding hydrogens is 432 g/mol. The molecule has 2 aromatic rings. The molecule has 0 radical (unpaired) electrons. The second kappa shape index (κ2) is 9.30. The average molecular weight is 453 g/mol. The molecule has 0 aliphatic rings. The lowest BCUT2D eigenvalue weighted by atomic mass is 9.91. The van der Waals surface area contributed by atoms with E-state index in [1.807, 2.05) is 24.3 Å². The van der Waals surface area contributed by atoms with Gasteiger partial charge in [0.05, 0.1) is 11.5 Å². The molecule has 0 aliphatic heterocycles. The summed E-state index contributed by atoms with van der Waals surface area (Å²) in [7, 11) is -3.32. The Kier molecular flexibility index (Phi) is 7.35. The number of sulfone groups is 1. The molecule has 144 valence electrons. The van der Waals surface area contributed by atoms with E-state index < -0.39 is 15.8 Å². The number of halogens is 1. The van der Waals surface area contributed by atoms with Crippen LogP contribution in [0, 0.1) is 0 Å². The van der Waals surface area contributed by atoms with Crippen LogP contribution in [0.2, 0.25) is 0 Å². The molecule has 2 aromatic carbocycles. The molecule has 2 rings (SSSR count). The standard InChI is InChI=1S/C20H21BrO5S/c1-3-26-20(23)18(12-13-22)19(14-4-8-16(21)9-5-14)15-6-10-17(11-7-15)27(2,24)25/h4-11,22H,3,12-13H2,1-2H3/b19-18-. The largest absolute Gasteiger partial charge is 0.463 e. The van der Waals surface area contributed by atoms with Crippen LogP contribution in [-0.4, -0.2) is 39.0 Å². The zero-order valence-electron chi connectivity index (χ0n) is 15.1. The van der Waals surface area contributed by atoms with Gasteiger partial charge in [-0.2, -0.15) is 0 Å². The van der Waals surface area contributed by atoms with Gasteiger partial charge in [0.1, 0.15) is 0 Å². The number of rotatable bonds is 7. The lowest BCUT2D eigenvalue weighted by Crippen LogP contribution is -2.12. The van der Waals surface area contributed by atoms with E-state index in [1.165, 1.54) is 12.1 Å². The Bertz CT molecular complexity index is 929. The second-order valence-electron chi connectivity index (χ2n) is 5.85. The Balaban J connectivity index is 2.70. The van der Waals surface area contributed by atoms with Gasteiger partial charge in [0.15, 0.2) is 9.84 Å². The third kappa shape index (κ3) is 5.51. The van der Waals surface area contributed by atoms with Gasteiger partial charge in [-0.1, -0.05) is 40.2 Å². The van der Waals surface area contributed by atoms with Crippen LogP contribution in [-0.2, 0) is 19.4 Å². The van der Waals surface area contributed by atoms with Crippen molar-refractivity contribution in [1.82, 2.24) is 0 Å². The number of aliphatic hydroxyl groups is 1. The Labute approximate surface area is 167 Å². The van der Waals surface area contributed by atoms with Crippen molar-refractivity contribution in [2.45, 2.75) is 18.2 Å². The highest BCUT2D eigenvalue weighted by Gasteiger charge is 2.20. The summed E-state index contributed by atoms with van der Waals surface area (Å²) in [5.41, 5.74) is 2.38. The first-order valence-electron chi connectivity index (χ1n) is 8.35. The van der Waals surface area contributed by atoms with Gasteiger partial charge in [0.25, 0.3) is 0 Å². The maximum absolute atomic E-state index is 12.5. The van der Waals surface area contributed by atoms with Crippen molar-refractivity contribution >= 4 is 37.3 Å². The minimum absolute atomic E-state index is 0.123. The SMILES string of the molecule is CCOC(=O)/C(CCO)=C(/c1ccc(Br)cc1)c1ccc(S(C)(=O)=O)cc1. The lowest BCUT2D eigenvalue weighted by Gasteiger charge is -2.16. The van der Waals surface area contributed by atoms with Crippen LogP contribution in [0.15, 0.2) is 63.5 Å². The lowest BCUT2D eigenvalue weighted by molar-refractivity contribution is -0.138. The van der Waals surface area contributed by atoms with Gasteiger partial charge in [0, 0.05) is 29.3 Å². The fourth-order valence-electron chi connectivity index (χ4n) is 2.66. The van der Waals surface area contributed by atoms with Crippen molar-refractivity contribution < 1.29 is 23.1 Å². The van der Waals surface area contributed by atoms with Gasteiger partial charge < -0.3 is 9.84 Å². The molecule has 0 unspecified atom stereocenters. The molecule has 5 nitrogen and oxygen atoms in total. The summed E-state index contributed by atoms with van der Waals surface area (Å²) < 4.78 is 29.5. The van der Waals surface area contributed by atoms with E-state index in [0.29, 0.717) is 16.7 Å². The summed E-state index contributed by atoms with van der Waals surface area (Å²) in [5.74, 6) is -0.503. The van der Waals surface area contributed by atoms with E-state index in [-0.39, 0.29) is 24.5 Å². The molecule has 27 heavy (non-hydrogen) atoms. The topological polar surface area (TPSA) is 80.7 Å². The highest BCUT2D eigenvalue weighted by Crippen LogP contribution is 2.31. The molecule has 0 aliphatic carbocycles. The van der Waals surface area contributed by atoms with Gasteiger partial charge in [-0.05, 0) is 47.9 Å². The summed E-state index contributed by atoms with van der Waals surface area (Å²) >= 11 is 3.39. The smallest absolute Gasteiger partial charge is 0.334 e. The van der Waals surface area contributed by atoms with E-state index >= 15 is 0 Å². The van der Waals surface area contributed by atoms with E-state index in [4.69, 9.17) is 4.74 Å². The van der Waals surface area contributed by atoms with Gasteiger partial charge in [-0.25, -0.2) is 13.2 Å². The Morgan fingerprint density at radius 3 is 2.00 bits per heavy atom. The number of benzene rings is 2. The molecular formula is C20H21BrO5S. The molecule has 1 N–H and O–H groups in total. The molecule has 7 heteroatoms. The number of aliphatic hydroxyl groups excluding tert-OH is 1. The van der Waals surface area contributed by atoms with E-state index in [2.05, 4.69) is 15.9 Å². The molecule has 0 heterocycles. The molecule has 0 aromatic heterocycles. The van der Waals surface area contributed by atoms with Gasteiger partial charge in [-0.15, -0.1) is 0 Å². The molecule has 0 saturated carbocycles. The van der Waals surface area contributed by atoms with Gasteiger partial charge >= 0.3 is 5.97 Å². The number of carbonyl (C=O) groups excluding carboxylic acids is 1. The van der Waals surface area contributed by atoms with E-state index in [1.54, 1.807) is 19.1 Å². The number of carbonyl (C=O) groups is 1. The molecule has 0 fully saturated rings. The quantitative estimate of drug-likeness (QED) is 0.512. The number of hydrogen-bond acceptors (Lipinski definition) is 5. The number of ether oxygens (including phenoxy) is 1. The van der Waals surface area contributed by atoms with Crippen molar-refractivity contribution in [1.29, 1.82) is 0 Å². The normalized spacial score (nSPS) is 12.4. The maximum Gasteiger partial charge on any atom is 0.334 e. The van der Waals surface area contributed by atoms with Gasteiger partial charge in [-0.3, -0.25) is 0 Å². The fourth-order valence-corrected chi connectivity index (χ4v) is 3.55. The predicted octanol–water partition coefficient (Wildman–Crippen LogP) is 3.60. The van der Waals surface area contributed by atoms with Crippen molar-refractivity contribution in [3.8, 4) is 0 Å². The third-order valence-corrected chi connectivity index (χ3v) is 5.55. The van der Waals surface area contributed by atoms with Crippen molar-refractivity contribution in [2.75, 3.05) is 19.5 Å². The fraction of sp³-hybridized carbons (Fsp3) is 0.250. The zero-order chi connectivity index (χ0) is 20.0. The Morgan fingerprint density at radius 2 is 1.56 bits per heavy atom. The summed E-state index contributed by atoms with van der Waals surface area (Å²) in [4.78, 5) is 12.7. The van der Waals surface area contributed by atoms with E-state index in [9.17, 15) is 18.3 Å². The van der Waals surface area contributed by atoms with Gasteiger partial charge in [0.2, 0.25) is 0 Å². The first-order chi connectivity index (χ1) is 12.8. The highest BCUT2D eigenvalue weighted by atomic mass is 79.9. The van der Waals surface area contributed by atoms with Crippen LogP contribution in [0.25, 0.3) is 5.57 Å². The van der Waals surface area contributed by atoms with Crippen molar-refractivity contribution in [3.63, 3.8) is 0 Å². The summed E-state index contributed by atoms with van der Waals surface area (Å²) in [6, 6.07) is 13.7. The predicted molar refractivity (Wildman–Crippen MR) is 108 cm³/mol. The van der Waals surface area contributed by atoms with Crippen LogP contribution in [0.1, 0.15) is 24.5 Å². The first kappa shape index (κ1) is 21.3. The van der Waals surface area contributed by atoms with Crippen LogP contribution >= 0.6 is 15.9 Å². The number of esters is 1. The maximum atomic E-state index is 12.5. The molecule has 0 amide bonds. The molecule has 0 atom stereocenters. The van der Waals surface area contributed by atoms with Crippen molar-refractivity contribution in [3.05, 3.63) is 69.7 Å². The Morgan fingerprint density at radius 1 is 1.04 bits per heavy atom. The minimum atomic E-state index is -3.32. The Hall–Kier alpha value is -1.96. The summed E-state index contributed by atoms with van der Waals surface area (Å²) in [5, 5.41) is 9.46. The zero-order valence-corrected chi connectivity index (χ0v) is 17.5.